The lowest BCUT2D eigenvalue weighted by Crippen LogP contribution is -2.37. The molecule has 2 rings (SSSR count). The molecule has 116 valence electrons. The highest BCUT2D eigenvalue weighted by Gasteiger charge is 2.03. The van der Waals surface area contributed by atoms with Crippen LogP contribution in [0.3, 0.4) is 0 Å². The molecule has 0 radical (unpaired) electrons. The van der Waals surface area contributed by atoms with Crippen molar-refractivity contribution in [3.05, 3.63) is 58.5 Å². The van der Waals surface area contributed by atoms with Gasteiger partial charge in [-0.25, -0.2) is 0 Å². The van der Waals surface area contributed by atoms with Crippen LogP contribution in [-0.4, -0.2) is 23.1 Å². The molecule has 0 saturated heterocycles. The van der Waals surface area contributed by atoms with Crippen LogP contribution in [0.15, 0.2) is 47.1 Å². The van der Waals surface area contributed by atoms with Gasteiger partial charge >= 0.3 is 0 Å². The van der Waals surface area contributed by atoms with Crippen LogP contribution in [-0.2, 0) is 6.54 Å². The van der Waals surface area contributed by atoms with Crippen molar-refractivity contribution in [2.45, 2.75) is 6.54 Å². The largest absolute Gasteiger partial charge is 0.467 e. The third-order valence-electron chi connectivity index (χ3n) is 2.82. The Morgan fingerprint density at radius 1 is 1.18 bits per heavy atom. The van der Waals surface area contributed by atoms with Gasteiger partial charge in [0.1, 0.15) is 5.76 Å². The number of hydrogen-bond acceptors (Lipinski definition) is 5. The normalized spacial score (nSPS) is 10.0. The lowest BCUT2D eigenvalue weighted by atomic mass is 10.3. The van der Waals surface area contributed by atoms with E-state index in [1.165, 1.54) is 12.1 Å². The van der Waals surface area contributed by atoms with Crippen molar-refractivity contribution in [1.82, 2.24) is 10.6 Å². The quantitative estimate of drug-likeness (QED) is 0.312. The average Bonchev–Trinajstić information content (AvgIpc) is 3.03. The molecule has 7 nitrogen and oxygen atoms in total. The second-order valence-electron chi connectivity index (χ2n) is 4.42. The Kier molecular flexibility index (Phi) is 5.73. The topological polar surface area (TPSA) is 92.4 Å². The maximum Gasteiger partial charge on any atom is 0.269 e. The Bertz CT molecular complexity index is 614. The molecule has 0 atom stereocenters. The molecular formula is C14H16N4O3S. The number of thiocarbonyl (C=S) groups is 1. The molecule has 1 heterocycles. The maximum atomic E-state index is 10.5. The van der Waals surface area contributed by atoms with E-state index in [2.05, 4.69) is 16.0 Å². The van der Waals surface area contributed by atoms with Gasteiger partial charge in [-0.1, -0.05) is 0 Å². The van der Waals surface area contributed by atoms with Gasteiger partial charge in [-0.2, -0.15) is 0 Å². The summed E-state index contributed by atoms with van der Waals surface area (Å²) in [4.78, 5) is 10.1. The fourth-order valence-electron chi connectivity index (χ4n) is 1.73. The third-order valence-corrected chi connectivity index (χ3v) is 3.11. The van der Waals surface area contributed by atoms with E-state index in [1.54, 1.807) is 18.4 Å². The number of non-ortho nitro benzene ring substituents is 1. The van der Waals surface area contributed by atoms with E-state index < -0.39 is 4.92 Å². The van der Waals surface area contributed by atoms with Crippen molar-refractivity contribution in [2.75, 3.05) is 18.4 Å². The summed E-state index contributed by atoms with van der Waals surface area (Å²) in [5.74, 6) is 0.813. The second kappa shape index (κ2) is 7.99. The monoisotopic (exact) mass is 320 g/mol. The minimum absolute atomic E-state index is 0.0759. The molecule has 1 aromatic carbocycles. The fourth-order valence-corrected chi connectivity index (χ4v) is 1.90. The van der Waals surface area contributed by atoms with Crippen LogP contribution in [0, 0.1) is 10.1 Å². The minimum Gasteiger partial charge on any atom is -0.467 e. The van der Waals surface area contributed by atoms with Crippen molar-refractivity contribution in [1.29, 1.82) is 0 Å². The zero-order valence-electron chi connectivity index (χ0n) is 11.7. The van der Waals surface area contributed by atoms with Gasteiger partial charge in [-0.15, -0.1) is 0 Å². The van der Waals surface area contributed by atoms with E-state index in [9.17, 15) is 10.1 Å². The van der Waals surface area contributed by atoms with Crippen LogP contribution in [0.4, 0.5) is 11.4 Å². The number of furan rings is 1. The SMILES string of the molecule is O=[N+]([O-])c1ccc(NCCNC(=S)NCc2ccco2)cc1. The van der Waals surface area contributed by atoms with Crippen LogP contribution in [0.1, 0.15) is 5.76 Å². The summed E-state index contributed by atoms with van der Waals surface area (Å²) in [5.41, 5.74) is 0.897. The molecule has 0 saturated carbocycles. The average molecular weight is 320 g/mol. The zero-order valence-corrected chi connectivity index (χ0v) is 12.6. The van der Waals surface area contributed by atoms with E-state index in [0.29, 0.717) is 24.7 Å². The van der Waals surface area contributed by atoms with Crippen molar-refractivity contribution in [3.8, 4) is 0 Å². The van der Waals surface area contributed by atoms with Gasteiger partial charge in [0.15, 0.2) is 5.11 Å². The number of nitro groups is 1. The molecule has 0 aliphatic rings. The zero-order chi connectivity index (χ0) is 15.8. The number of nitrogens with one attached hydrogen (secondary N) is 3. The standard InChI is InChI=1S/C14H16N4O3S/c19-18(20)12-5-3-11(4-6-12)15-7-8-16-14(22)17-10-13-2-1-9-21-13/h1-6,9,15H,7-8,10H2,(H2,16,17,22). The molecule has 0 bridgehead atoms. The Hall–Kier alpha value is -2.61. The van der Waals surface area contributed by atoms with Crippen molar-refractivity contribution < 1.29 is 9.34 Å². The van der Waals surface area contributed by atoms with Crippen molar-refractivity contribution >= 4 is 28.7 Å². The van der Waals surface area contributed by atoms with Gasteiger partial charge in [0.25, 0.3) is 5.69 Å². The minimum atomic E-state index is -0.422. The van der Waals surface area contributed by atoms with Crippen molar-refractivity contribution in [3.63, 3.8) is 0 Å². The lowest BCUT2D eigenvalue weighted by molar-refractivity contribution is -0.384. The molecule has 0 unspecified atom stereocenters. The second-order valence-corrected chi connectivity index (χ2v) is 4.83. The Morgan fingerprint density at radius 2 is 1.95 bits per heavy atom. The fraction of sp³-hybridized carbons (Fsp3) is 0.214. The van der Waals surface area contributed by atoms with E-state index in [-0.39, 0.29) is 5.69 Å². The summed E-state index contributed by atoms with van der Waals surface area (Å²) in [5, 5.41) is 20.3. The number of hydrogen-bond donors (Lipinski definition) is 3. The van der Waals surface area contributed by atoms with Gasteiger partial charge in [0.2, 0.25) is 0 Å². The van der Waals surface area contributed by atoms with E-state index in [0.717, 1.165) is 11.4 Å². The number of nitrogens with zero attached hydrogens (tertiary/aromatic N) is 1. The van der Waals surface area contributed by atoms with Crippen LogP contribution >= 0.6 is 12.2 Å². The Balaban J connectivity index is 1.62. The van der Waals surface area contributed by atoms with E-state index in [1.807, 2.05) is 12.1 Å². The summed E-state index contributed by atoms with van der Waals surface area (Å²) >= 11 is 5.14. The summed E-state index contributed by atoms with van der Waals surface area (Å²) in [6, 6.07) is 9.96. The first kappa shape index (κ1) is 15.8. The molecule has 0 aliphatic heterocycles. The van der Waals surface area contributed by atoms with Gasteiger partial charge in [-0.3, -0.25) is 10.1 Å². The molecule has 22 heavy (non-hydrogen) atoms. The highest BCUT2D eigenvalue weighted by molar-refractivity contribution is 7.80. The number of anilines is 1. The van der Waals surface area contributed by atoms with E-state index in [4.69, 9.17) is 16.6 Å². The van der Waals surface area contributed by atoms with Crippen LogP contribution in [0.25, 0.3) is 0 Å². The molecule has 3 N–H and O–H groups in total. The van der Waals surface area contributed by atoms with E-state index >= 15 is 0 Å². The highest BCUT2D eigenvalue weighted by Crippen LogP contribution is 2.14. The molecule has 2 aromatic rings. The predicted molar refractivity (Wildman–Crippen MR) is 87.7 cm³/mol. The molecule has 1 aromatic heterocycles. The first-order valence-corrected chi connectivity index (χ1v) is 7.08. The number of benzene rings is 1. The smallest absolute Gasteiger partial charge is 0.269 e. The third kappa shape index (κ3) is 5.06. The summed E-state index contributed by atoms with van der Waals surface area (Å²) in [6.45, 7) is 1.80. The molecule has 0 fully saturated rings. The number of nitro benzene ring substituents is 1. The lowest BCUT2D eigenvalue weighted by Gasteiger charge is -2.10. The van der Waals surface area contributed by atoms with Crippen LogP contribution < -0.4 is 16.0 Å². The molecule has 8 heteroatoms. The maximum absolute atomic E-state index is 10.5. The van der Waals surface area contributed by atoms with Gasteiger partial charge in [0.05, 0.1) is 17.7 Å². The van der Waals surface area contributed by atoms with Crippen molar-refractivity contribution in [2.24, 2.45) is 0 Å². The summed E-state index contributed by atoms with van der Waals surface area (Å²) < 4.78 is 5.18. The summed E-state index contributed by atoms with van der Waals surface area (Å²) in [6.07, 6.45) is 1.61. The Labute approximate surface area is 132 Å². The van der Waals surface area contributed by atoms with Gasteiger partial charge in [-0.05, 0) is 36.5 Å². The first-order valence-electron chi connectivity index (χ1n) is 6.67. The molecule has 0 aliphatic carbocycles. The summed E-state index contributed by atoms with van der Waals surface area (Å²) in [7, 11) is 0. The highest BCUT2D eigenvalue weighted by atomic mass is 32.1. The first-order chi connectivity index (χ1) is 10.6. The Morgan fingerprint density at radius 3 is 2.59 bits per heavy atom. The van der Waals surface area contributed by atoms with Crippen LogP contribution in [0.5, 0.6) is 0 Å². The molecular weight excluding hydrogens is 304 g/mol. The predicted octanol–water partition coefficient (Wildman–Crippen LogP) is 2.26. The van der Waals surface area contributed by atoms with Gasteiger partial charge in [0, 0.05) is 30.9 Å². The molecule has 0 amide bonds. The molecule has 0 spiro atoms. The number of rotatable bonds is 7. The van der Waals surface area contributed by atoms with Crippen LogP contribution in [0.2, 0.25) is 0 Å². The van der Waals surface area contributed by atoms with Gasteiger partial charge < -0.3 is 20.4 Å².